The van der Waals surface area contributed by atoms with Gasteiger partial charge >= 0.3 is 0 Å². The second-order valence-corrected chi connectivity index (χ2v) is 6.81. The van der Waals surface area contributed by atoms with E-state index < -0.39 is 5.41 Å². The normalized spacial score (nSPS) is 25.3. The van der Waals surface area contributed by atoms with Crippen LogP contribution in [0.1, 0.15) is 71.1 Å². The lowest BCUT2D eigenvalue weighted by Crippen LogP contribution is -2.45. The van der Waals surface area contributed by atoms with Crippen LogP contribution in [0, 0.1) is 22.2 Å². The Morgan fingerprint density at radius 3 is 2.11 bits per heavy atom. The van der Waals surface area contributed by atoms with E-state index in [2.05, 4.69) is 18.3 Å². The van der Waals surface area contributed by atoms with E-state index in [9.17, 15) is 10.1 Å². The molecule has 0 aliphatic heterocycles. The largest absolute Gasteiger partial charge is 0.354 e. The van der Waals surface area contributed by atoms with Gasteiger partial charge in [-0.25, -0.2) is 0 Å². The number of rotatable bonds is 3. The topological polar surface area (TPSA) is 52.9 Å². The number of nitrogens with zero attached hydrogens (tertiary/aromatic N) is 1. The number of nitrogens with one attached hydrogen (secondary N) is 1. The number of hydrogen-bond donors (Lipinski definition) is 1. The van der Waals surface area contributed by atoms with Gasteiger partial charge in [0.2, 0.25) is 5.91 Å². The molecule has 0 radical (unpaired) electrons. The van der Waals surface area contributed by atoms with Crippen molar-refractivity contribution < 1.29 is 4.79 Å². The molecule has 0 spiro atoms. The van der Waals surface area contributed by atoms with Crippen LogP contribution in [0.2, 0.25) is 0 Å². The quantitative estimate of drug-likeness (QED) is 0.845. The molecule has 2 aliphatic carbocycles. The maximum atomic E-state index is 12.4. The van der Waals surface area contributed by atoms with E-state index in [1.807, 2.05) is 0 Å². The molecule has 2 aliphatic rings. The summed E-state index contributed by atoms with van der Waals surface area (Å²) in [6, 6.07) is 2.31. The Kier molecular flexibility index (Phi) is 4.50. The first-order chi connectivity index (χ1) is 9.10. The van der Waals surface area contributed by atoms with Crippen LogP contribution >= 0.6 is 0 Å². The molecule has 2 saturated carbocycles. The molecule has 0 unspecified atom stereocenters. The predicted octanol–water partition coefficient (Wildman–Crippen LogP) is 3.55. The minimum Gasteiger partial charge on any atom is -0.354 e. The van der Waals surface area contributed by atoms with Crippen LogP contribution in [0.3, 0.4) is 0 Å². The Bertz CT molecular complexity index is 357. The van der Waals surface area contributed by atoms with Crippen molar-refractivity contribution in [1.29, 1.82) is 5.26 Å². The molecule has 0 aromatic rings. The van der Waals surface area contributed by atoms with Crippen LogP contribution in [-0.4, -0.2) is 12.5 Å². The fourth-order valence-electron chi connectivity index (χ4n) is 3.59. The summed E-state index contributed by atoms with van der Waals surface area (Å²) in [6.45, 7) is 3.02. The Morgan fingerprint density at radius 1 is 1.05 bits per heavy atom. The van der Waals surface area contributed by atoms with Crippen LogP contribution in [0.25, 0.3) is 0 Å². The summed E-state index contributed by atoms with van der Waals surface area (Å²) in [7, 11) is 0. The average Bonchev–Trinajstić information content (AvgIpc) is 2.46. The van der Waals surface area contributed by atoms with Crippen molar-refractivity contribution in [2.45, 2.75) is 71.1 Å². The summed E-state index contributed by atoms with van der Waals surface area (Å²) in [6.07, 6.45) is 10.9. The molecule has 1 N–H and O–H groups in total. The third-order valence-corrected chi connectivity index (χ3v) is 5.09. The van der Waals surface area contributed by atoms with Gasteiger partial charge < -0.3 is 5.32 Å². The highest BCUT2D eigenvalue weighted by atomic mass is 16.2. The second-order valence-electron chi connectivity index (χ2n) is 6.81. The van der Waals surface area contributed by atoms with E-state index in [0.29, 0.717) is 0 Å². The van der Waals surface area contributed by atoms with Crippen LogP contribution in [0.5, 0.6) is 0 Å². The van der Waals surface area contributed by atoms with Gasteiger partial charge in [-0.3, -0.25) is 4.79 Å². The zero-order chi connectivity index (χ0) is 13.8. The maximum absolute atomic E-state index is 12.4. The number of amides is 1. The molecule has 1 amide bonds. The maximum Gasteiger partial charge on any atom is 0.240 e. The molecule has 3 heteroatoms. The highest BCUT2D eigenvalue weighted by molar-refractivity contribution is 5.85. The standard InChI is InChI=1S/C16H26N2O/c1-15(8-4-2-5-9-15)13-18-14(19)16(12-17)10-6-3-7-11-16/h2-11,13H2,1H3,(H,18,19). The molecule has 0 aromatic heterocycles. The molecule has 0 aromatic carbocycles. The third-order valence-electron chi connectivity index (χ3n) is 5.09. The zero-order valence-corrected chi connectivity index (χ0v) is 12.1. The van der Waals surface area contributed by atoms with Gasteiger partial charge in [-0.2, -0.15) is 5.26 Å². The molecule has 0 atom stereocenters. The predicted molar refractivity (Wildman–Crippen MR) is 75.3 cm³/mol. The minimum atomic E-state index is -0.733. The van der Waals surface area contributed by atoms with E-state index in [0.717, 1.165) is 38.6 Å². The van der Waals surface area contributed by atoms with E-state index >= 15 is 0 Å². The fraction of sp³-hybridized carbons (Fsp3) is 0.875. The Labute approximate surface area is 116 Å². The van der Waals surface area contributed by atoms with Crippen LogP contribution in [-0.2, 0) is 4.79 Å². The van der Waals surface area contributed by atoms with Gasteiger partial charge in [-0.05, 0) is 31.1 Å². The first-order valence-corrected chi connectivity index (χ1v) is 7.80. The van der Waals surface area contributed by atoms with Crippen LogP contribution < -0.4 is 5.32 Å². The molecule has 106 valence electrons. The van der Waals surface area contributed by atoms with Crippen molar-refractivity contribution in [2.75, 3.05) is 6.54 Å². The SMILES string of the molecule is CC1(CNC(=O)C2(C#N)CCCCC2)CCCCC1. The van der Waals surface area contributed by atoms with Crippen molar-refractivity contribution in [1.82, 2.24) is 5.32 Å². The molecule has 3 nitrogen and oxygen atoms in total. The first-order valence-electron chi connectivity index (χ1n) is 7.80. The van der Waals surface area contributed by atoms with Gasteiger partial charge in [-0.1, -0.05) is 45.4 Å². The van der Waals surface area contributed by atoms with Crippen molar-refractivity contribution in [3.63, 3.8) is 0 Å². The summed E-state index contributed by atoms with van der Waals surface area (Å²) in [4.78, 5) is 12.4. The summed E-state index contributed by atoms with van der Waals surface area (Å²) in [5.41, 5.74) is -0.484. The lowest BCUT2D eigenvalue weighted by atomic mass is 9.73. The summed E-state index contributed by atoms with van der Waals surface area (Å²) in [5, 5.41) is 12.5. The number of nitriles is 1. The lowest BCUT2D eigenvalue weighted by molar-refractivity contribution is -0.130. The molecule has 0 bridgehead atoms. The third kappa shape index (κ3) is 3.29. The number of carbonyl (C=O) groups excluding carboxylic acids is 1. The lowest BCUT2D eigenvalue weighted by Gasteiger charge is -2.36. The Balaban J connectivity index is 1.91. The van der Waals surface area contributed by atoms with E-state index in [-0.39, 0.29) is 11.3 Å². The number of hydrogen-bond acceptors (Lipinski definition) is 2. The minimum absolute atomic E-state index is 0.0125. The second kappa shape index (κ2) is 5.94. The molecule has 2 rings (SSSR count). The van der Waals surface area contributed by atoms with Crippen molar-refractivity contribution in [2.24, 2.45) is 10.8 Å². The summed E-state index contributed by atoms with van der Waals surface area (Å²) < 4.78 is 0. The highest BCUT2D eigenvalue weighted by Crippen LogP contribution is 2.38. The van der Waals surface area contributed by atoms with Gasteiger partial charge in [0.05, 0.1) is 6.07 Å². The molecular formula is C16H26N2O. The fourth-order valence-corrected chi connectivity index (χ4v) is 3.59. The highest BCUT2D eigenvalue weighted by Gasteiger charge is 2.40. The number of carbonyl (C=O) groups is 1. The average molecular weight is 262 g/mol. The van der Waals surface area contributed by atoms with Crippen LogP contribution in [0.15, 0.2) is 0 Å². The van der Waals surface area contributed by atoms with Gasteiger partial charge in [0.25, 0.3) is 0 Å². The van der Waals surface area contributed by atoms with Gasteiger partial charge in [0.1, 0.15) is 5.41 Å². The smallest absolute Gasteiger partial charge is 0.240 e. The molecule has 0 saturated heterocycles. The Hall–Kier alpha value is -1.04. The van der Waals surface area contributed by atoms with Gasteiger partial charge in [0.15, 0.2) is 0 Å². The van der Waals surface area contributed by atoms with Gasteiger partial charge in [0, 0.05) is 6.54 Å². The summed E-state index contributed by atoms with van der Waals surface area (Å²) >= 11 is 0. The van der Waals surface area contributed by atoms with Crippen molar-refractivity contribution >= 4 is 5.91 Å². The zero-order valence-electron chi connectivity index (χ0n) is 12.1. The van der Waals surface area contributed by atoms with Crippen molar-refractivity contribution in [3.8, 4) is 6.07 Å². The molecule has 2 fully saturated rings. The summed E-state index contributed by atoms with van der Waals surface area (Å²) in [5.74, 6) is -0.0125. The Morgan fingerprint density at radius 2 is 1.58 bits per heavy atom. The van der Waals surface area contributed by atoms with Crippen molar-refractivity contribution in [3.05, 3.63) is 0 Å². The monoisotopic (exact) mass is 262 g/mol. The molecule has 19 heavy (non-hydrogen) atoms. The molecule has 0 heterocycles. The van der Waals surface area contributed by atoms with E-state index in [1.54, 1.807) is 0 Å². The molecular weight excluding hydrogens is 236 g/mol. The van der Waals surface area contributed by atoms with Gasteiger partial charge in [-0.15, -0.1) is 0 Å². The first kappa shape index (κ1) is 14.4. The van der Waals surface area contributed by atoms with E-state index in [1.165, 1.54) is 32.1 Å². The van der Waals surface area contributed by atoms with Crippen LogP contribution in [0.4, 0.5) is 0 Å². The van der Waals surface area contributed by atoms with E-state index in [4.69, 9.17) is 0 Å².